The van der Waals surface area contributed by atoms with Crippen LogP contribution in [0.1, 0.15) is 36.0 Å². The van der Waals surface area contributed by atoms with Gasteiger partial charge in [-0.2, -0.15) is 11.8 Å². The topological polar surface area (TPSA) is 92.5 Å². The van der Waals surface area contributed by atoms with Crippen LogP contribution in [0.15, 0.2) is 18.2 Å². The molecular formula is C14H20N2O4S. The standard InChI is InChI=1S/C14H20N2O4S/c1-21-10-5-3-2-4-9-15-13-11(14(17)18)7-6-8-12(13)16(19)20/h6-8,15H,2-5,9-10H2,1H3,(H,17,18). The number of carboxylic acids is 1. The third-order valence-electron chi connectivity index (χ3n) is 3.05. The molecule has 0 fully saturated rings. The van der Waals surface area contributed by atoms with Gasteiger partial charge >= 0.3 is 5.97 Å². The van der Waals surface area contributed by atoms with Gasteiger partial charge in [0.1, 0.15) is 5.69 Å². The molecule has 0 radical (unpaired) electrons. The van der Waals surface area contributed by atoms with Crippen LogP contribution < -0.4 is 5.32 Å². The third-order valence-corrected chi connectivity index (χ3v) is 3.74. The fourth-order valence-electron chi connectivity index (χ4n) is 1.99. The van der Waals surface area contributed by atoms with E-state index in [0.29, 0.717) is 6.54 Å². The van der Waals surface area contributed by atoms with Gasteiger partial charge in [-0.1, -0.05) is 18.9 Å². The highest BCUT2D eigenvalue weighted by Crippen LogP contribution is 2.28. The van der Waals surface area contributed by atoms with E-state index in [1.165, 1.54) is 18.2 Å². The Labute approximate surface area is 128 Å². The number of rotatable bonds is 10. The maximum Gasteiger partial charge on any atom is 0.338 e. The molecule has 1 rings (SSSR count). The van der Waals surface area contributed by atoms with Crippen molar-refractivity contribution in [2.24, 2.45) is 0 Å². The minimum absolute atomic E-state index is 0.0633. The molecule has 0 bridgehead atoms. The van der Waals surface area contributed by atoms with E-state index in [9.17, 15) is 14.9 Å². The Morgan fingerprint density at radius 3 is 2.67 bits per heavy atom. The minimum Gasteiger partial charge on any atom is -0.478 e. The van der Waals surface area contributed by atoms with Gasteiger partial charge in [-0.3, -0.25) is 10.1 Å². The molecule has 0 aromatic heterocycles. The Bertz CT molecular complexity index is 462. The van der Waals surface area contributed by atoms with Crippen molar-refractivity contribution in [2.75, 3.05) is 23.9 Å². The van der Waals surface area contributed by atoms with Crippen LogP contribution in [0, 0.1) is 10.1 Å². The lowest BCUT2D eigenvalue weighted by molar-refractivity contribution is -0.384. The molecule has 2 N–H and O–H groups in total. The van der Waals surface area contributed by atoms with E-state index < -0.39 is 10.9 Å². The molecule has 0 aliphatic rings. The van der Waals surface area contributed by atoms with Crippen LogP contribution in [0.3, 0.4) is 0 Å². The number of nitrogens with zero attached hydrogens (tertiary/aromatic N) is 1. The van der Waals surface area contributed by atoms with Crippen molar-refractivity contribution in [1.82, 2.24) is 0 Å². The normalized spacial score (nSPS) is 10.3. The number of aromatic carboxylic acids is 1. The summed E-state index contributed by atoms with van der Waals surface area (Å²) < 4.78 is 0. The SMILES string of the molecule is CSCCCCCCNc1c(C(=O)O)cccc1[N+](=O)[O-]. The Morgan fingerprint density at radius 1 is 1.33 bits per heavy atom. The molecule has 21 heavy (non-hydrogen) atoms. The van der Waals surface area contributed by atoms with Crippen LogP contribution in [0.25, 0.3) is 0 Å². The molecule has 0 spiro atoms. The first-order valence-electron chi connectivity index (χ1n) is 6.81. The van der Waals surface area contributed by atoms with E-state index in [2.05, 4.69) is 11.6 Å². The second-order valence-corrected chi connectivity index (χ2v) is 5.58. The Morgan fingerprint density at radius 2 is 2.05 bits per heavy atom. The minimum atomic E-state index is -1.17. The largest absolute Gasteiger partial charge is 0.478 e. The summed E-state index contributed by atoms with van der Waals surface area (Å²) in [4.78, 5) is 21.6. The van der Waals surface area contributed by atoms with Crippen molar-refractivity contribution in [3.8, 4) is 0 Å². The first-order chi connectivity index (χ1) is 10.1. The van der Waals surface area contributed by atoms with Gasteiger partial charge < -0.3 is 10.4 Å². The van der Waals surface area contributed by atoms with Crippen LogP contribution in [0.4, 0.5) is 11.4 Å². The molecule has 116 valence electrons. The average molecular weight is 312 g/mol. The monoisotopic (exact) mass is 312 g/mol. The number of carboxylic acid groups (broad SMARTS) is 1. The highest BCUT2D eigenvalue weighted by molar-refractivity contribution is 7.98. The molecule has 0 heterocycles. The van der Waals surface area contributed by atoms with Gasteiger partial charge in [0, 0.05) is 12.6 Å². The Hall–Kier alpha value is -1.76. The van der Waals surface area contributed by atoms with E-state index >= 15 is 0 Å². The van der Waals surface area contributed by atoms with Crippen molar-refractivity contribution in [2.45, 2.75) is 25.7 Å². The van der Waals surface area contributed by atoms with Gasteiger partial charge in [-0.05, 0) is 30.9 Å². The second kappa shape index (κ2) is 9.23. The number of hydrogen-bond donors (Lipinski definition) is 2. The van der Waals surface area contributed by atoms with Gasteiger partial charge in [0.2, 0.25) is 0 Å². The van der Waals surface area contributed by atoms with Crippen molar-refractivity contribution in [1.29, 1.82) is 0 Å². The maximum absolute atomic E-state index is 11.1. The summed E-state index contributed by atoms with van der Waals surface area (Å²) >= 11 is 1.82. The number of thioether (sulfide) groups is 1. The van der Waals surface area contributed by atoms with Gasteiger partial charge in [0.25, 0.3) is 5.69 Å². The van der Waals surface area contributed by atoms with Crippen LogP contribution in [-0.4, -0.2) is 34.6 Å². The summed E-state index contributed by atoms with van der Waals surface area (Å²) in [6, 6.07) is 4.07. The lowest BCUT2D eigenvalue weighted by Crippen LogP contribution is -2.10. The number of para-hydroxylation sites is 1. The molecule has 0 aliphatic heterocycles. The Kier molecular flexibility index (Phi) is 7.60. The molecule has 0 saturated carbocycles. The first-order valence-corrected chi connectivity index (χ1v) is 8.20. The fourth-order valence-corrected chi connectivity index (χ4v) is 2.49. The number of nitro groups is 1. The predicted molar refractivity (Wildman–Crippen MR) is 85.4 cm³/mol. The molecule has 6 nitrogen and oxygen atoms in total. The molecule has 7 heteroatoms. The summed E-state index contributed by atoms with van der Waals surface area (Å²) in [5.74, 6) is -0.0260. The van der Waals surface area contributed by atoms with Crippen molar-refractivity contribution in [3.05, 3.63) is 33.9 Å². The van der Waals surface area contributed by atoms with Gasteiger partial charge in [-0.25, -0.2) is 4.79 Å². The lowest BCUT2D eigenvalue weighted by Gasteiger charge is -2.10. The van der Waals surface area contributed by atoms with Crippen molar-refractivity contribution >= 4 is 29.1 Å². The predicted octanol–water partition coefficient (Wildman–Crippen LogP) is 3.63. The number of benzene rings is 1. The number of hydrogen-bond acceptors (Lipinski definition) is 5. The van der Waals surface area contributed by atoms with Crippen molar-refractivity contribution < 1.29 is 14.8 Å². The molecular weight excluding hydrogens is 292 g/mol. The summed E-state index contributed by atoms with van der Waals surface area (Å²) in [7, 11) is 0. The quantitative estimate of drug-likeness (QED) is 0.389. The number of nitro benzene ring substituents is 1. The molecule has 0 saturated heterocycles. The Balaban J connectivity index is 2.60. The molecule has 0 amide bonds. The smallest absolute Gasteiger partial charge is 0.338 e. The highest BCUT2D eigenvalue weighted by atomic mass is 32.2. The summed E-state index contributed by atoms with van der Waals surface area (Å²) in [5, 5.41) is 23.0. The second-order valence-electron chi connectivity index (χ2n) is 4.60. The number of anilines is 1. The van der Waals surface area contributed by atoms with Crippen molar-refractivity contribution in [3.63, 3.8) is 0 Å². The molecule has 0 unspecified atom stereocenters. The number of unbranched alkanes of at least 4 members (excludes halogenated alkanes) is 3. The van der Waals surface area contributed by atoms with Gasteiger partial charge in [-0.15, -0.1) is 0 Å². The summed E-state index contributed by atoms with van der Waals surface area (Å²) in [5.41, 5.74) is -0.164. The first kappa shape index (κ1) is 17.3. The van der Waals surface area contributed by atoms with E-state index in [4.69, 9.17) is 5.11 Å². The van der Waals surface area contributed by atoms with Crippen LogP contribution in [0.2, 0.25) is 0 Å². The average Bonchev–Trinajstić information content (AvgIpc) is 2.45. The lowest BCUT2D eigenvalue weighted by atomic mass is 10.1. The highest BCUT2D eigenvalue weighted by Gasteiger charge is 2.20. The molecule has 1 aromatic rings. The molecule has 0 aliphatic carbocycles. The zero-order chi connectivity index (χ0) is 15.7. The molecule has 0 atom stereocenters. The zero-order valence-corrected chi connectivity index (χ0v) is 12.8. The van der Waals surface area contributed by atoms with Gasteiger partial charge in [0.05, 0.1) is 10.5 Å². The number of carbonyl (C=O) groups is 1. The van der Waals surface area contributed by atoms with Crippen LogP contribution in [-0.2, 0) is 0 Å². The van der Waals surface area contributed by atoms with Crippen LogP contribution in [0.5, 0.6) is 0 Å². The van der Waals surface area contributed by atoms with Crippen LogP contribution >= 0.6 is 11.8 Å². The summed E-state index contributed by atoms with van der Waals surface area (Å²) in [6.45, 7) is 0.532. The summed E-state index contributed by atoms with van der Waals surface area (Å²) in [6.07, 6.45) is 6.23. The third kappa shape index (κ3) is 5.63. The van der Waals surface area contributed by atoms with E-state index in [1.54, 1.807) is 0 Å². The van der Waals surface area contributed by atoms with E-state index in [1.807, 2.05) is 11.8 Å². The fraction of sp³-hybridized carbons (Fsp3) is 0.500. The molecule has 1 aromatic carbocycles. The number of nitrogens with one attached hydrogen (secondary N) is 1. The maximum atomic E-state index is 11.1. The zero-order valence-electron chi connectivity index (χ0n) is 12.0. The van der Waals surface area contributed by atoms with Gasteiger partial charge in [0.15, 0.2) is 0 Å². The van der Waals surface area contributed by atoms with E-state index in [-0.39, 0.29) is 16.9 Å². The van der Waals surface area contributed by atoms with E-state index in [0.717, 1.165) is 31.4 Å².